The summed E-state index contributed by atoms with van der Waals surface area (Å²) in [5.41, 5.74) is 8.82. The summed E-state index contributed by atoms with van der Waals surface area (Å²) >= 11 is 0. The molecule has 1 aliphatic rings. The molecule has 5 heteroatoms. The van der Waals surface area contributed by atoms with Gasteiger partial charge in [0.05, 0.1) is 31.4 Å². The Balaban J connectivity index is 1.92. The van der Waals surface area contributed by atoms with Crippen LogP contribution in [0.5, 0.6) is 0 Å². The van der Waals surface area contributed by atoms with Crippen molar-refractivity contribution in [2.45, 2.75) is 12.6 Å². The number of fused-ring (bicyclic) bond motifs is 1. The summed E-state index contributed by atoms with van der Waals surface area (Å²) in [4.78, 5) is 6.70. The van der Waals surface area contributed by atoms with Crippen LogP contribution in [0.1, 0.15) is 5.56 Å². The number of aliphatic hydroxyl groups excluding tert-OH is 1. The zero-order valence-electron chi connectivity index (χ0n) is 11.3. The second-order valence-electron chi connectivity index (χ2n) is 5.10. The number of nitrogen functional groups attached to an aromatic ring is 1. The van der Waals surface area contributed by atoms with Gasteiger partial charge in [-0.1, -0.05) is 6.07 Å². The van der Waals surface area contributed by atoms with E-state index in [1.54, 1.807) is 6.20 Å². The molecule has 0 aliphatic carbocycles. The zero-order chi connectivity index (χ0) is 13.9. The van der Waals surface area contributed by atoms with Gasteiger partial charge in [0.1, 0.15) is 0 Å². The molecule has 0 saturated carbocycles. The summed E-state index contributed by atoms with van der Waals surface area (Å²) in [6.45, 7) is 2.97. The van der Waals surface area contributed by atoms with Crippen LogP contribution in [0.4, 0.5) is 5.69 Å². The Kier molecular flexibility index (Phi) is 3.82. The van der Waals surface area contributed by atoms with Gasteiger partial charge in [-0.05, 0) is 23.8 Å². The summed E-state index contributed by atoms with van der Waals surface area (Å²) in [6, 6.07) is 7.89. The molecule has 20 heavy (non-hydrogen) atoms. The molecule has 1 aliphatic heterocycles. The first-order valence-corrected chi connectivity index (χ1v) is 6.84. The third-order valence-electron chi connectivity index (χ3n) is 3.82. The molecule has 0 spiro atoms. The Morgan fingerprint density at radius 2 is 2.30 bits per heavy atom. The van der Waals surface area contributed by atoms with E-state index in [4.69, 9.17) is 10.5 Å². The molecule has 0 bridgehead atoms. The molecule has 0 radical (unpaired) electrons. The SMILES string of the molecule is Nc1ccc(CN2CCOCC2CO)c2ncccc12. The smallest absolute Gasteiger partial charge is 0.0767 e. The van der Waals surface area contributed by atoms with E-state index in [9.17, 15) is 5.11 Å². The lowest BCUT2D eigenvalue weighted by atomic mass is 10.1. The van der Waals surface area contributed by atoms with Crippen molar-refractivity contribution in [2.24, 2.45) is 0 Å². The van der Waals surface area contributed by atoms with E-state index in [0.29, 0.717) is 13.2 Å². The molecule has 3 N–H and O–H groups in total. The molecule has 1 saturated heterocycles. The van der Waals surface area contributed by atoms with Crippen LogP contribution in [-0.2, 0) is 11.3 Å². The first-order chi connectivity index (χ1) is 9.79. The first kappa shape index (κ1) is 13.3. The maximum Gasteiger partial charge on any atom is 0.0767 e. The standard InChI is InChI=1S/C15H19N3O2/c16-14-4-3-11(15-13(14)2-1-5-17-15)8-18-6-7-20-10-12(18)9-19/h1-5,12,19H,6-10,16H2. The maximum atomic E-state index is 9.44. The Labute approximate surface area is 118 Å². The number of benzene rings is 1. The van der Waals surface area contributed by atoms with Gasteiger partial charge in [-0.25, -0.2) is 0 Å². The molecule has 3 rings (SSSR count). The summed E-state index contributed by atoms with van der Waals surface area (Å²) in [5.74, 6) is 0. The van der Waals surface area contributed by atoms with Crippen molar-refractivity contribution in [3.05, 3.63) is 36.0 Å². The van der Waals surface area contributed by atoms with Crippen LogP contribution in [0.3, 0.4) is 0 Å². The van der Waals surface area contributed by atoms with Crippen LogP contribution in [0, 0.1) is 0 Å². The normalized spacial score (nSPS) is 20.4. The predicted octanol–water partition coefficient (Wildman–Crippen LogP) is 1.01. The van der Waals surface area contributed by atoms with Gasteiger partial charge >= 0.3 is 0 Å². The minimum Gasteiger partial charge on any atom is -0.398 e. The largest absolute Gasteiger partial charge is 0.398 e. The molecular formula is C15H19N3O2. The van der Waals surface area contributed by atoms with Gasteiger partial charge in [0.25, 0.3) is 0 Å². The summed E-state index contributed by atoms with van der Waals surface area (Å²) < 4.78 is 5.41. The van der Waals surface area contributed by atoms with Crippen molar-refractivity contribution in [3.8, 4) is 0 Å². The second kappa shape index (κ2) is 5.75. The molecule has 1 aromatic heterocycles. The van der Waals surface area contributed by atoms with E-state index < -0.39 is 0 Å². The Bertz CT molecular complexity index is 603. The van der Waals surface area contributed by atoms with Gasteiger partial charge in [0.15, 0.2) is 0 Å². The van der Waals surface area contributed by atoms with E-state index in [2.05, 4.69) is 9.88 Å². The lowest BCUT2D eigenvalue weighted by molar-refractivity contribution is -0.0311. The van der Waals surface area contributed by atoms with Crippen LogP contribution in [-0.4, -0.2) is 47.4 Å². The van der Waals surface area contributed by atoms with Gasteiger partial charge in [-0.15, -0.1) is 0 Å². The number of nitrogens with two attached hydrogens (primary N) is 1. The number of nitrogens with zero attached hydrogens (tertiary/aromatic N) is 2. The Hall–Kier alpha value is -1.69. The van der Waals surface area contributed by atoms with Crippen molar-refractivity contribution in [1.82, 2.24) is 9.88 Å². The lowest BCUT2D eigenvalue weighted by Gasteiger charge is -2.34. The quantitative estimate of drug-likeness (QED) is 0.817. The molecule has 1 aromatic carbocycles. The second-order valence-corrected chi connectivity index (χ2v) is 5.10. The molecule has 1 fully saturated rings. The summed E-state index contributed by atoms with van der Waals surface area (Å²) in [6.07, 6.45) is 1.79. The van der Waals surface area contributed by atoms with Crippen molar-refractivity contribution >= 4 is 16.6 Å². The van der Waals surface area contributed by atoms with Crippen molar-refractivity contribution in [1.29, 1.82) is 0 Å². The molecule has 5 nitrogen and oxygen atoms in total. The minimum atomic E-state index is 0.0556. The molecular weight excluding hydrogens is 254 g/mol. The van der Waals surface area contributed by atoms with Gasteiger partial charge < -0.3 is 15.6 Å². The van der Waals surface area contributed by atoms with Gasteiger partial charge in [-0.2, -0.15) is 0 Å². The first-order valence-electron chi connectivity index (χ1n) is 6.84. The number of anilines is 1. The van der Waals surface area contributed by atoms with E-state index in [1.807, 2.05) is 24.3 Å². The van der Waals surface area contributed by atoms with Gasteiger partial charge in [0.2, 0.25) is 0 Å². The third kappa shape index (κ3) is 2.47. The van der Waals surface area contributed by atoms with Crippen molar-refractivity contribution in [2.75, 3.05) is 32.1 Å². The number of hydrogen-bond donors (Lipinski definition) is 2. The fourth-order valence-electron chi connectivity index (χ4n) is 2.67. The molecule has 2 heterocycles. The van der Waals surface area contributed by atoms with Crippen LogP contribution < -0.4 is 5.73 Å². The van der Waals surface area contributed by atoms with E-state index in [1.165, 1.54) is 0 Å². The number of pyridine rings is 1. The summed E-state index contributed by atoms with van der Waals surface area (Å²) in [7, 11) is 0. The maximum absolute atomic E-state index is 9.44. The monoisotopic (exact) mass is 273 g/mol. The van der Waals surface area contributed by atoms with Crippen molar-refractivity contribution in [3.63, 3.8) is 0 Å². The molecule has 1 atom stereocenters. The third-order valence-corrected chi connectivity index (χ3v) is 3.82. The number of hydrogen-bond acceptors (Lipinski definition) is 5. The van der Waals surface area contributed by atoms with Crippen LogP contribution in [0.25, 0.3) is 10.9 Å². The number of morpholine rings is 1. The average Bonchev–Trinajstić information content (AvgIpc) is 2.51. The minimum absolute atomic E-state index is 0.0556. The van der Waals surface area contributed by atoms with Crippen LogP contribution >= 0.6 is 0 Å². The number of aliphatic hydroxyl groups is 1. The highest BCUT2D eigenvalue weighted by Gasteiger charge is 2.23. The lowest BCUT2D eigenvalue weighted by Crippen LogP contribution is -2.46. The van der Waals surface area contributed by atoms with Crippen molar-refractivity contribution < 1.29 is 9.84 Å². The fraction of sp³-hybridized carbons (Fsp3) is 0.400. The van der Waals surface area contributed by atoms with E-state index >= 15 is 0 Å². The predicted molar refractivity (Wildman–Crippen MR) is 78.3 cm³/mol. The van der Waals surface area contributed by atoms with Crippen LogP contribution in [0.15, 0.2) is 30.5 Å². The Morgan fingerprint density at radius 3 is 3.15 bits per heavy atom. The van der Waals surface area contributed by atoms with Gasteiger partial charge in [0, 0.05) is 30.4 Å². The molecule has 1 unspecified atom stereocenters. The number of ether oxygens (including phenoxy) is 1. The molecule has 0 amide bonds. The highest BCUT2D eigenvalue weighted by atomic mass is 16.5. The number of rotatable bonds is 3. The zero-order valence-corrected chi connectivity index (χ0v) is 11.3. The highest BCUT2D eigenvalue weighted by Crippen LogP contribution is 2.24. The van der Waals surface area contributed by atoms with Gasteiger partial charge in [-0.3, -0.25) is 9.88 Å². The molecule has 106 valence electrons. The number of aromatic nitrogens is 1. The van der Waals surface area contributed by atoms with E-state index in [0.717, 1.165) is 35.2 Å². The average molecular weight is 273 g/mol. The summed E-state index contributed by atoms with van der Waals surface area (Å²) in [5, 5.41) is 10.4. The Morgan fingerprint density at radius 1 is 1.40 bits per heavy atom. The topological polar surface area (TPSA) is 71.6 Å². The van der Waals surface area contributed by atoms with Crippen LogP contribution in [0.2, 0.25) is 0 Å². The molecule has 2 aromatic rings. The fourth-order valence-corrected chi connectivity index (χ4v) is 2.67. The van der Waals surface area contributed by atoms with E-state index in [-0.39, 0.29) is 12.6 Å². The highest BCUT2D eigenvalue weighted by molar-refractivity contribution is 5.92.